The summed E-state index contributed by atoms with van der Waals surface area (Å²) in [5, 5.41) is 0. The van der Waals surface area contributed by atoms with Gasteiger partial charge in [-0.3, -0.25) is 14.6 Å². The Balaban J connectivity index is 1.83. The van der Waals surface area contributed by atoms with Crippen molar-refractivity contribution in [2.75, 3.05) is 65.1 Å². The Morgan fingerprint density at radius 3 is 1.26 bits per heavy atom. The monoisotopic (exact) mass is 556 g/mol. The molecule has 0 aromatic heterocycles. The van der Waals surface area contributed by atoms with Gasteiger partial charge in [0.15, 0.2) is 5.78 Å². The lowest BCUT2D eigenvalue weighted by Crippen LogP contribution is -2.59. The van der Waals surface area contributed by atoms with Gasteiger partial charge in [0.25, 0.3) is 0 Å². The van der Waals surface area contributed by atoms with Crippen LogP contribution in [0.15, 0.2) is 58.3 Å². The molecule has 4 rings (SSSR count). The molecule has 5 nitrogen and oxygen atoms in total. The first-order valence-corrected chi connectivity index (χ1v) is 16.1. The van der Waals surface area contributed by atoms with Crippen molar-refractivity contribution in [3.63, 3.8) is 0 Å². The van der Waals surface area contributed by atoms with Gasteiger partial charge in [-0.2, -0.15) is 0 Å². The molecule has 0 radical (unpaired) electrons. The summed E-state index contributed by atoms with van der Waals surface area (Å²) in [5.41, 5.74) is 1.43. The molecule has 0 N–H and O–H groups in total. The van der Waals surface area contributed by atoms with Gasteiger partial charge in [0.2, 0.25) is 0 Å². The Labute approximate surface area is 238 Å². The third-order valence-corrected chi connectivity index (χ3v) is 10.0. The van der Waals surface area contributed by atoms with Gasteiger partial charge in [-0.1, -0.05) is 24.3 Å². The highest BCUT2D eigenvalue weighted by Crippen LogP contribution is 2.44. The molecular formula is C31H44N2O3S2. The van der Waals surface area contributed by atoms with Crippen LogP contribution in [0.3, 0.4) is 0 Å². The molecule has 0 aliphatic carbocycles. The summed E-state index contributed by atoms with van der Waals surface area (Å²) in [4.78, 5) is 22.5. The summed E-state index contributed by atoms with van der Waals surface area (Å²) in [7, 11) is 0. The maximum atomic E-state index is 15.2. The minimum absolute atomic E-state index is 0.284. The smallest absolute Gasteiger partial charge is 0.151 e. The summed E-state index contributed by atoms with van der Waals surface area (Å²) in [5.74, 6) is -0.295. The van der Waals surface area contributed by atoms with Gasteiger partial charge in [0.1, 0.15) is 0 Å². The number of carbonyl (C=O) groups excluding carboxylic acids is 1. The number of hydrogen-bond donors (Lipinski definition) is 0. The average molecular weight is 557 g/mol. The topological polar surface area (TPSA) is 42.0 Å². The Kier molecular flexibility index (Phi) is 10.0. The summed E-state index contributed by atoms with van der Waals surface area (Å²) >= 11 is 3.46. The van der Waals surface area contributed by atoms with E-state index in [0.29, 0.717) is 26.4 Å². The van der Waals surface area contributed by atoms with Gasteiger partial charge in [-0.05, 0) is 75.6 Å². The summed E-state index contributed by atoms with van der Waals surface area (Å²) in [6.45, 7) is 15.1. The molecule has 2 unspecified atom stereocenters. The van der Waals surface area contributed by atoms with Crippen molar-refractivity contribution >= 4 is 29.3 Å². The second-order valence-corrected chi connectivity index (χ2v) is 13.1. The van der Waals surface area contributed by atoms with E-state index in [2.05, 4.69) is 98.5 Å². The third-order valence-electron chi connectivity index (χ3n) is 8.53. The number of ketones is 1. The highest BCUT2D eigenvalue weighted by molar-refractivity contribution is 7.98. The lowest BCUT2D eigenvalue weighted by atomic mass is 9.67. The zero-order valence-corrected chi connectivity index (χ0v) is 25.5. The van der Waals surface area contributed by atoms with Crippen molar-refractivity contribution in [2.24, 2.45) is 0 Å². The van der Waals surface area contributed by atoms with Crippen LogP contribution in [0.5, 0.6) is 0 Å². The van der Waals surface area contributed by atoms with Gasteiger partial charge >= 0.3 is 0 Å². The number of ether oxygens (including phenoxy) is 2. The predicted molar refractivity (Wildman–Crippen MR) is 160 cm³/mol. The van der Waals surface area contributed by atoms with E-state index >= 15 is 4.79 Å². The molecule has 2 aliphatic rings. The van der Waals surface area contributed by atoms with Crippen molar-refractivity contribution in [1.29, 1.82) is 0 Å². The zero-order chi connectivity index (χ0) is 27.3. The Bertz CT molecular complexity index is 960. The molecule has 2 aromatic carbocycles. The van der Waals surface area contributed by atoms with Crippen LogP contribution in [0.25, 0.3) is 0 Å². The van der Waals surface area contributed by atoms with Crippen molar-refractivity contribution < 1.29 is 14.3 Å². The van der Waals surface area contributed by atoms with E-state index in [1.807, 2.05) is 0 Å². The molecule has 7 heteroatoms. The molecule has 2 aromatic rings. The van der Waals surface area contributed by atoms with Gasteiger partial charge in [0.05, 0.1) is 38.3 Å². The molecule has 2 saturated heterocycles. The normalized spacial score (nSPS) is 19.7. The first kappa shape index (κ1) is 29.6. The third kappa shape index (κ3) is 6.34. The number of thioether (sulfide) groups is 2. The lowest BCUT2D eigenvalue weighted by Gasteiger charge is -2.50. The molecule has 2 aliphatic heterocycles. The molecule has 208 valence electrons. The first-order valence-electron chi connectivity index (χ1n) is 13.7. The fourth-order valence-electron chi connectivity index (χ4n) is 6.24. The van der Waals surface area contributed by atoms with E-state index in [9.17, 15) is 0 Å². The van der Waals surface area contributed by atoms with Crippen LogP contribution in [-0.4, -0.2) is 91.8 Å². The molecule has 0 amide bonds. The Morgan fingerprint density at radius 1 is 0.658 bits per heavy atom. The van der Waals surface area contributed by atoms with Crippen LogP contribution >= 0.6 is 23.5 Å². The lowest BCUT2D eigenvalue weighted by molar-refractivity contribution is -0.131. The SMILES string of the molecule is CSc1ccc(C(C(=O)C(c2ccc(SC)cc2)C(C)(C)N2CCOCC2)C(C)(C)N2CCOCC2)cc1. The molecular weight excluding hydrogens is 512 g/mol. The molecule has 2 heterocycles. The van der Waals surface area contributed by atoms with Crippen molar-refractivity contribution in [3.8, 4) is 0 Å². The zero-order valence-electron chi connectivity index (χ0n) is 23.9. The number of hydrogen-bond acceptors (Lipinski definition) is 7. The molecule has 0 spiro atoms. The number of carbonyl (C=O) groups is 1. The number of benzene rings is 2. The summed E-state index contributed by atoms with van der Waals surface area (Å²) < 4.78 is 11.4. The van der Waals surface area contributed by atoms with E-state index in [0.717, 1.165) is 37.3 Å². The number of rotatable bonds is 10. The quantitative estimate of drug-likeness (QED) is 0.343. The molecule has 2 fully saturated rings. The first-order chi connectivity index (χ1) is 18.2. The summed E-state index contributed by atoms with van der Waals surface area (Å²) in [6.07, 6.45) is 4.18. The van der Waals surface area contributed by atoms with E-state index in [4.69, 9.17) is 9.47 Å². The van der Waals surface area contributed by atoms with Crippen LogP contribution in [0.1, 0.15) is 50.7 Å². The number of Topliss-reactive ketones (excluding diaryl/α,β-unsaturated/α-hetero) is 1. The van der Waals surface area contributed by atoms with Crippen molar-refractivity contribution in [3.05, 3.63) is 59.7 Å². The van der Waals surface area contributed by atoms with Gasteiger partial charge in [-0.15, -0.1) is 23.5 Å². The van der Waals surface area contributed by atoms with E-state index in [1.165, 1.54) is 9.79 Å². The van der Waals surface area contributed by atoms with Gasteiger partial charge in [0, 0.05) is 47.0 Å². The second-order valence-electron chi connectivity index (χ2n) is 11.3. The van der Waals surface area contributed by atoms with Gasteiger partial charge in [-0.25, -0.2) is 0 Å². The van der Waals surface area contributed by atoms with Gasteiger partial charge < -0.3 is 9.47 Å². The van der Waals surface area contributed by atoms with E-state index in [1.54, 1.807) is 23.5 Å². The van der Waals surface area contributed by atoms with E-state index in [-0.39, 0.29) is 28.7 Å². The summed E-state index contributed by atoms with van der Waals surface area (Å²) in [6, 6.07) is 17.3. The minimum Gasteiger partial charge on any atom is -0.379 e. The van der Waals surface area contributed by atoms with Crippen molar-refractivity contribution in [2.45, 2.75) is 60.4 Å². The highest BCUT2D eigenvalue weighted by Gasteiger charge is 2.49. The minimum atomic E-state index is -0.375. The maximum absolute atomic E-state index is 15.2. The van der Waals surface area contributed by atoms with Crippen LogP contribution in [0, 0.1) is 0 Å². The molecule has 2 atom stereocenters. The fraction of sp³-hybridized carbons (Fsp3) is 0.581. The van der Waals surface area contributed by atoms with Crippen LogP contribution in [0.2, 0.25) is 0 Å². The van der Waals surface area contributed by atoms with Crippen LogP contribution < -0.4 is 0 Å². The van der Waals surface area contributed by atoms with Crippen molar-refractivity contribution in [1.82, 2.24) is 9.80 Å². The predicted octanol–water partition coefficient (Wildman–Crippen LogP) is 5.79. The largest absolute Gasteiger partial charge is 0.379 e. The van der Waals surface area contributed by atoms with Crippen LogP contribution in [0.4, 0.5) is 0 Å². The van der Waals surface area contributed by atoms with Crippen LogP contribution in [-0.2, 0) is 14.3 Å². The second kappa shape index (κ2) is 12.9. The Morgan fingerprint density at radius 2 is 0.974 bits per heavy atom. The number of morpholine rings is 2. The molecule has 38 heavy (non-hydrogen) atoms. The molecule has 0 bridgehead atoms. The highest BCUT2D eigenvalue weighted by atomic mass is 32.2. The fourth-order valence-corrected chi connectivity index (χ4v) is 7.06. The number of nitrogens with zero attached hydrogens (tertiary/aromatic N) is 2. The standard InChI is InChI=1S/C31H44N2O3S2/c1-30(2,32-15-19-35-20-16-32)27(23-7-11-25(37-5)12-8-23)29(34)28(24-9-13-26(38-6)14-10-24)31(3,4)33-17-21-36-22-18-33/h7-14,27-28H,15-22H2,1-6H3. The molecule has 0 saturated carbocycles. The average Bonchev–Trinajstić information content (AvgIpc) is 2.95. The Hall–Kier alpha value is -1.35. The van der Waals surface area contributed by atoms with E-state index < -0.39 is 0 Å². The maximum Gasteiger partial charge on any atom is 0.151 e.